The molecule has 0 bridgehead atoms. The van der Waals surface area contributed by atoms with Crippen molar-refractivity contribution in [3.8, 4) is 5.75 Å². The van der Waals surface area contributed by atoms with Gasteiger partial charge in [0.1, 0.15) is 12.4 Å². The molecule has 0 fully saturated rings. The minimum absolute atomic E-state index is 0.0573. The average Bonchev–Trinajstić information content (AvgIpc) is 2.11. The van der Waals surface area contributed by atoms with Crippen molar-refractivity contribution in [2.45, 2.75) is 6.92 Å². The number of rotatable bonds is 3. The van der Waals surface area contributed by atoms with Crippen LogP contribution in [0.3, 0.4) is 0 Å². The van der Waals surface area contributed by atoms with E-state index < -0.39 is 11.6 Å². The number of benzene rings is 1. The van der Waals surface area contributed by atoms with Gasteiger partial charge < -0.3 is 4.74 Å². The van der Waals surface area contributed by atoms with E-state index in [1.54, 1.807) is 12.2 Å². The Morgan fingerprint density at radius 1 is 1.38 bits per heavy atom. The van der Waals surface area contributed by atoms with E-state index in [4.69, 9.17) is 4.74 Å². The monoisotopic (exact) mass is 184 g/mol. The number of hydrogen-bond donors (Lipinski definition) is 0. The molecule has 1 aromatic rings. The quantitative estimate of drug-likeness (QED) is 0.656. The fourth-order valence-electron chi connectivity index (χ4n) is 0.822. The predicted molar refractivity (Wildman–Crippen MR) is 46.7 cm³/mol. The highest BCUT2D eigenvalue weighted by atomic mass is 19.1. The lowest BCUT2D eigenvalue weighted by molar-refractivity contribution is 0.339. The molecule has 1 rings (SSSR count). The van der Waals surface area contributed by atoms with E-state index in [-0.39, 0.29) is 12.4 Å². The fourth-order valence-corrected chi connectivity index (χ4v) is 0.822. The molecule has 1 aromatic carbocycles. The normalized spacial score (nSPS) is 10.7. The Morgan fingerprint density at radius 2 is 2.15 bits per heavy atom. The summed E-state index contributed by atoms with van der Waals surface area (Å²) in [4.78, 5) is 0. The second kappa shape index (κ2) is 4.60. The van der Waals surface area contributed by atoms with Crippen molar-refractivity contribution >= 4 is 0 Å². The van der Waals surface area contributed by atoms with Gasteiger partial charge in [0.15, 0.2) is 11.6 Å². The number of halogens is 2. The summed E-state index contributed by atoms with van der Waals surface area (Å²) in [6.45, 7) is 2.07. The van der Waals surface area contributed by atoms with E-state index in [2.05, 4.69) is 0 Å². The van der Waals surface area contributed by atoms with E-state index in [0.29, 0.717) is 0 Å². The van der Waals surface area contributed by atoms with Gasteiger partial charge >= 0.3 is 0 Å². The van der Waals surface area contributed by atoms with Crippen LogP contribution in [0.4, 0.5) is 8.78 Å². The van der Waals surface area contributed by atoms with Gasteiger partial charge in [0.05, 0.1) is 0 Å². The van der Waals surface area contributed by atoms with Gasteiger partial charge in [0, 0.05) is 6.07 Å². The summed E-state index contributed by atoms with van der Waals surface area (Å²) in [6, 6.07) is 3.12. The number of hydrogen-bond acceptors (Lipinski definition) is 1. The summed E-state index contributed by atoms with van der Waals surface area (Å²) >= 11 is 0. The maximum Gasteiger partial charge on any atom is 0.165 e. The van der Waals surface area contributed by atoms with Crippen molar-refractivity contribution < 1.29 is 13.5 Å². The summed E-state index contributed by atoms with van der Waals surface area (Å²) in [6.07, 6.45) is 3.49. The van der Waals surface area contributed by atoms with Crippen molar-refractivity contribution in [3.63, 3.8) is 0 Å². The largest absolute Gasteiger partial charge is 0.486 e. The Morgan fingerprint density at radius 3 is 2.85 bits per heavy atom. The summed E-state index contributed by atoms with van der Waals surface area (Å²) in [5, 5.41) is 0. The summed E-state index contributed by atoms with van der Waals surface area (Å²) < 4.78 is 30.4. The molecule has 0 radical (unpaired) electrons. The highest BCUT2D eigenvalue weighted by Crippen LogP contribution is 2.17. The smallest absolute Gasteiger partial charge is 0.165 e. The maximum absolute atomic E-state index is 12.9. The molecule has 0 saturated heterocycles. The third-order valence-corrected chi connectivity index (χ3v) is 1.46. The van der Waals surface area contributed by atoms with Crippen LogP contribution in [0.25, 0.3) is 0 Å². The summed E-state index contributed by atoms with van der Waals surface area (Å²) in [5.41, 5.74) is 0. The molecule has 0 N–H and O–H groups in total. The molecule has 0 saturated carbocycles. The number of ether oxygens (including phenoxy) is 1. The molecule has 13 heavy (non-hydrogen) atoms. The third-order valence-electron chi connectivity index (χ3n) is 1.46. The SMILES string of the molecule is C/C=C/COc1cc(F)ccc1F. The first kappa shape index (κ1) is 9.71. The lowest BCUT2D eigenvalue weighted by Gasteiger charge is -2.03. The molecule has 0 unspecified atom stereocenters. The second-order valence-corrected chi connectivity index (χ2v) is 2.45. The molecule has 0 atom stereocenters. The Kier molecular flexibility index (Phi) is 3.43. The van der Waals surface area contributed by atoms with Crippen LogP contribution < -0.4 is 4.74 Å². The van der Waals surface area contributed by atoms with Gasteiger partial charge in [-0.25, -0.2) is 8.78 Å². The highest BCUT2D eigenvalue weighted by molar-refractivity contribution is 5.25. The van der Waals surface area contributed by atoms with Crippen molar-refractivity contribution in [2.75, 3.05) is 6.61 Å². The van der Waals surface area contributed by atoms with Crippen LogP contribution in [-0.2, 0) is 0 Å². The Balaban J connectivity index is 2.69. The maximum atomic E-state index is 12.9. The fraction of sp³-hybridized carbons (Fsp3) is 0.200. The molecular formula is C10H10F2O. The van der Waals surface area contributed by atoms with Crippen LogP contribution in [-0.4, -0.2) is 6.61 Å². The molecule has 1 nitrogen and oxygen atoms in total. The van der Waals surface area contributed by atoms with Gasteiger partial charge in [-0.2, -0.15) is 0 Å². The molecule has 70 valence electrons. The standard InChI is InChI=1S/C10H10F2O/c1-2-3-6-13-10-7-8(11)4-5-9(10)12/h2-5,7H,6H2,1H3/b3-2+. The van der Waals surface area contributed by atoms with Gasteiger partial charge in [0.2, 0.25) is 0 Å². The topological polar surface area (TPSA) is 9.23 Å². The van der Waals surface area contributed by atoms with E-state index in [1.165, 1.54) is 0 Å². The molecule has 3 heteroatoms. The van der Waals surface area contributed by atoms with E-state index >= 15 is 0 Å². The van der Waals surface area contributed by atoms with Gasteiger partial charge in [-0.1, -0.05) is 12.2 Å². The predicted octanol–water partition coefficient (Wildman–Crippen LogP) is 2.92. The van der Waals surface area contributed by atoms with Crippen LogP contribution in [0.5, 0.6) is 5.75 Å². The van der Waals surface area contributed by atoms with Crippen molar-refractivity contribution in [3.05, 3.63) is 42.0 Å². The van der Waals surface area contributed by atoms with Crippen LogP contribution in [0, 0.1) is 11.6 Å². The van der Waals surface area contributed by atoms with Crippen molar-refractivity contribution in [1.82, 2.24) is 0 Å². The molecule has 0 aliphatic heterocycles. The van der Waals surface area contributed by atoms with E-state index in [9.17, 15) is 8.78 Å². The summed E-state index contributed by atoms with van der Waals surface area (Å²) in [7, 11) is 0. The van der Waals surface area contributed by atoms with Crippen molar-refractivity contribution in [2.24, 2.45) is 0 Å². The second-order valence-electron chi connectivity index (χ2n) is 2.45. The van der Waals surface area contributed by atoms with Crippen LogP contribution >= 0.6 is 0 Å². The molecule has 0 aliphatic rings. The Bertz CT molecular complexity index is 308. The molecule has 0 aliphatic carbocycles. The summed E-state index contributed by atoms with van der Waals surface area (Å²) in [5.74, 6) is -1.11. The third kappa shape index (κ3) is 2.86. The van der Waals surface area contributed by atoms with Gasteiger partial charge in [-0.15, -0.1) is 0 Å². The Labute approximate surface area is 75.6 Å². The van der Waals surface area contributed by atoms with E-state index in [0.717, 1.165) is 18.2 Å². The highest BCUT2D eigenvalue weighted by Gasteiger charge is 2.03. The molecule has 0 amide bonds. The van der Waals surface area contributed by atoms with Crippen LogP contribution in [0.1, 0.15) is 6.92 Å². The average molecular weight is 184 g/mol. The van der Waals surface area contributed by atoms with Crippen LogP contribution in [0.15, 0.2) is 30.4 Å². The van der Waals surface area contributed by atoms with Gasteiger partial charge in [0.25, 0.3) is 0 Å². The first-order chi connectivity index (χ1) is 6.24. The Hall–Kier alpha value is -1.38. The molecule has 0 aromatic heterocycles. The minimum Gasteiger partial charge on any atom is -0.486 e. The van der Waals surface area contributed by atoms with Crippen LogP contribution in [0.2, 0.25) is 0 Å². The first-order valence-corrected chi connectivity index (χ1v) is 3.93. The number of allylic oxidation sites excluding steroid dienone is 1. The zero-order valence-corrected chi connectivity index (χ0v) is 7.26. The minimum atomic E-state index is -0.550. The first-order valence-electron chi connectivity index (χ1n) is 3.93. The zero-order valence-electron chi connectivity index (χ0n) is 7.26. The molecular weight excluding hydrogens is 174 g/mol. The van der Waals surface area contributed by atoms with Gasteiger partial charge in [-0.3, -0.25) is 0 Å². The molecule has 0 heterocycles. The lowest BCUT2D eigenvalue weighted by atomic mass is 10.3. The van der Waals surface area contributed by atoms with E-state index in [1.807, 2.05) is 6.92 Å². The van der Waals surface area contributed by atoms with Crippen molar-refractivity contribution in [1.29, 1.82) is 0 Å². The zero-order chi connectivity index (χ0) is 9.68. The van der Waals surface area contributed by atoms with Gasteiger partial charge in [-0.05, 0) is 19.1 Å². The molecule has 0 spiro atoms. The lowest BCUT2D eigenvalue weighted by Crippen LogP contribution is -1.96.